The first-order valence-electron chi connectivity index (χ1n) is 4.55. The minimum absolute atomic E-state index is 0.503. The van der Waals surface area contributed by atoms with Crippen LogP contribution in [-0.4, -0.2) is 26.8 Å². The van der Waals surface area contributed by atoms with Gasteiger partial charge < -0.3 is 10.1 Å². The fourth-order valence-electron chi connectivity index (χ4n) is 1.69. The molecule has 0 bridgehead atoms. The number of hydrogen-bond donors (Lipinski definition) is 1. The molecule has 1 N–H and O–H groups in total. The smallest absolute Gasteiger partial charge is 0.0523 e. The summed E-state index contributed by atoms with van der Waals surface area (Å²) in [6.07, 6.45) is 3.78. The summed E-state index contributed by atoms with van der Waals surface area (Å²) in [4.78, 5) is 0. The van der Waals surface area contributed by atoms with Crippen LogP contribution in [-0.2, 0) is 4.74 Å². The molecule has 1 saturated heterocycles. The average molecular weight is 157 g/mol. The van der Waals surface area contributed by atoms with Crippen molar-refractivity contribution in [1.82, 2.24) is 5.32 Å². The van der Waals surface area contributed by atoms with Crippen LogP contribution in [0.5, 0.6) is 0 Å². The Kier molecular flexibility index (Phi) is 3.34. The van der Waals surface area contributed by atoms with Gasteiger partial charge in [-0.25, -0.2) is 0 Å². The molecule has 0 aliphatic carbocycles. The lowest BCUT2D eigenvalue weighted by Crippen LogP contribution is -2.25. The fraction of sp³-hybridized carbons (Fsp3) is 1.00. The summed E-state index contributed by atoms with van der Waals surface area (Å²) in [6.45, 7) is 5.34. The second-order valence-electron chi connectivity index (χ2n) is 3.51. The maximum atomic E-state index is 5.42. The lowest BCUT2D eigenvalue weighted by molar-refractivity contribution is 0.143. The van der Waals surface area contributed by atoms with Crippen molar-refractivity contribution >= 4 is 0 Å². The Bertz CT molecular complexity index is 108. The summed E-state index contributed by atoms with van der Waals surface area (Å²) in [7, 11) is 2.01. The summed E-state index contributed by atoms with van der Waals surface area (Å²) in [5.41, 5.74) is 0.503. The maximum Gasteiger partial charge on any atom is 0.0523 e. The van der Waals surface area contributed by atoms with Gasteiger partial charge >= 0.3 is 0 Å². The van der Waals surface area contributed by atoms with Gasteiger partial charge in [-0.3, -0.25) is 0 Å². The molecule has 0 aromatic heterocycles. The summed E-state index contributed by atoms with van der Waals surface area (Å²) in [5, 5.41) is 3.20. The van der Waals surface area contributed by atoms with E-state index in [1.807, 2.05) is 7.05 Å². The predicted molar refractivity (Wildman–Crippen MR) is 46.7 cm³/mol. The third kappa shape index (κ3) is 2.17. The number of ether oxygens (including phenoxy) is 1. The fourth-order valence-corrected chi connectivity index (χ4v) is 1.69. The quantitative estimate of drug-likeness (QED) is 0.666. The molecule has 0 aromatic rings. The first kappa shape index (κ1) is 9.01. The first-order chi connectivity index (χ1) is 5.33. The van der Waals surface area contributed by atoms with Gasteiger partial charge in [-0.1, -0.05) is 6.92 Å². The normalized spacial score (nSPS) is 31.1. The monoisotopic (exact) mass is 157 g/mol. The average Bonchev–Trinajstić information content (AvgIpc) is 2.50. The van der Waals surface area contributed by atoms with E-state index in [1.165, 1.54) is 19.3 Å². The Hall–Kier alpha value is -0.0800. The number of hydrogen-bond acceptors (Lipinski definition) is 2. The molecule has 11 heavy (non-hydrogen) atoms. The molecule has 1 aliphatic rings. The van der Waals surface area contributed by atoms with Crippen LogP contribution in [0.15, 0.2) is 0 Å². The van der Waals surface area contributed by atoms with Crippen molar-refractivity contribution in [3.8, 4) is 0 Å². The zero-order valence-electron chi connectivity index (χ0n) is 7.65. The highest BCUT2D eigenvalue weighted by molar-refractivity contribution is 4.82. The van der Waals surface area contributed by atoms with Crippen molar-refractivity contribution in [2.45, 2.75) is 26.2 Å². The van der Waals surface area contributed by atoms with Crippen LogP contribution in [0.2, 0.25) is 0 Å². The highest BCUT2D eigenvalue weighted by Crippen LogP contribution is 2.35. The van der Waals surface area contributed by atoms with Gasteiger partial charge in [0.15, 0.2) is 0 Å². The van der Waals surface area contributed by atoms with Gasteiger partial charge in [-0.05, 0) is 38.3 Å². The topological polar surface area (TPSA) is 21.3 Å². The van der Waals surface area contributed by atoms with Crippen molar-refractivity contribution in [2.24, 2.45) is 5.41 Å². The highest BCUT2D eigenvalue weighted by Gasteiger charge is 2.31. The third-order valence-corrected chi connectivity index (χ3v) is 2.84. The van der Waals surface area contributed by atoms with Crippen LogP contribution < -0.4 is 5.32 Å². The molecule has 66 valence electrons. The Labute approximate surface area is 69.3 Å². The van der Waals surface area contributed by atoms with Crippen LogP contribution in [0.4, 0.5) is 0 Å². The molecular weight excluding hydrogens is 138 g/mol. The van der Waals surface area contributed by atoms with Gasteiger partial charge in [-0.2, -0.15) is 0 Å². The molecule has 1 fully saturated rings. The Balaban J connectivity index is 2.33. The molecule has 0 spiro atoms. The Morgan fingerprint density at radius 2 is 2.36 bits per heavy atom. The minimum Gasteiger partial charge on any atom is -0.381 e. The second-order valence-corrected chi connectivity index (χ2v) is 3.51. The van der Waals surface area contributed by atoms with Gasteiger partial charge in [-0.15, -0.1) is 0 Å². The highest BCUT2D eigenvalue weighted by atomic mass is 16.5. The van der Waals surface area contributed by atoms with Crippen molar-refractivity contribution < 1.29 is 4.74 Å². The maximum absolute atomic E-state index is 5.42. The Morgan fingerprint density at radius 3 is 2.82 bits per heavy atom. The van der Waals surface area contributed by atoms with Gasteiger partial charge in [0.05, 0.1) is 6.61 Å². The molecular formula is C9H19NO. The largest absolute Gasteiger partial charge is 0.381 e. The van der Waals surface area contributed by atoms with Gasteiger partial charge in [0, 0.05) is 6.61 Å². The molecule has 1 heterocycles. The van der Waals surface area contributed by atoms with Crippen molar-refractivity contribution in [2.75, 3.05) is 26.8 Å². The predicted octanol–water partition coefficient (Wildman–Crippen LogP) is 1.41. The molecule has 0 aromatic carbocycles. The molecule has 0 saturated carbocycles. The third-order valence-electron chi connectivity index (χ3n) is 2.84. The van der Waals surface area contributed by atoms with Gasteiger partial charge in [0.2, 0.25) is 0 Å². The van der Waals surface area contributed by atoms with Crippen molar-refractivity contribution in [3.05, 3.63) is 0 Å². The van der Waals surface area contributed by atoms with E-state index in [4.69, 9.17) is 4.74 Å². The van der Waals surface area contributed by atoms with E-state index in [2.05, 4.69) is 12.2 Å². The zero-order valence-corrected chi connectivity index (χ0v) is 7.65. The molecule has 2 nitrogen and oxygen atoms in total. The van der Waals surface area contributed by atoms with E-state index in [-0.39, 0.29) is 0 Å². The van der Waals surface area contributed by atoms with Crippen LogP contribution in [0.1, 0.15) is 26.2 Å². The van der Waals surface area contributed by atoms with Gasteiger partial charge in [0.25, 0.3) is 0 Å². The van der Waals surface area contributed by atoms with Crippen LogP contribution in [0.25, 0.3) is 0 Å². The van der Waals surface area contributed by atoms with E-state index < -0.39 is 0 Å². The van der Waals surface area contributed by atoms with E-state index in [1.54, 1.807) is 0 Å². The van der Waals surface area contributed by atoms with Gasteiger partial charge in [0.1, 0.15) is 0 Å². The zero-order chi connectivity index (χ0) is 8.16. The standard InChI is InChI=1S/C9H19NO/c1-3-9(4-6-10-2)5-7-11-8-9/h10H,3-8H2,1-2H3. The lowest BCUT2D eigenvalue weighted by Gasteiger charge is -2.25. The molecule has 1 aliphatic heterocycles. The van der Waals surface area contributed by atoms with E-state index in [0.29, 0.717) is 5.41 Å². The van der Waals surface area contributed by atoms with E-state index in [0.717, 1.165) is 19.8 Å². The number of nitrogens with one attached hydrogen (secondary N) is 1. The van der Waals surface area contributed by atoms with Crippen LogP contribution >= 0.6 is 0 Å². The molecule has 1 rings (SSSR count). The van der Waals surface area contributed by atoms with E-state index >= 15 is 0 Å². The molecule has 1 unspecified atom stereocenters. The summed E-state index contributed by atoms with van der Waals surface area (Å²) in [5.74, 6) is 0. The molecule has 0 radical (unpaired) electrons. The molecule has 0 amide bonds. The summed E-state index contributed by atoms with van der Waals surface area (Å²) < 4.78 is 5.42. The van der Waals surface area contributed by atoms with Crippen LogP contribution in [0.3, 0.4) is 0 Å². The summed E-state index contributed by atoms with van der Waals surface area (Å²) in [6, 6.07) is 0. The first-order valence-corrected chi connectivity index (χ1v) is 4.55. The summed E-state index contributed by atoms with van der Waals surface area (Å²) >= 11 is 0. The minimum atomic E-state index is 0.503. The van der Waals surface area contributed by atoms with E-state index in [9.17, 15) is 0 Å². The SMILES string of the molecule is CCC1(CCNC)CCOC1. The number of rotatable bonds is 4. The van der Waals surface area contributed by atoms with Crippen LogP contribution in [0, 0.1) is 5.41 Å². The Morgan fingerprint density at radius 1 is 1.55 bits per heavy atom. The second kappa shape index (κ2) is 4.07. The lowest BCUT2D eigenvalue weighted by atomic mass is 9.81. The van der Waals surface area contributed by atoms with Crippen molar-refractivity contribution in [3.63, 3.8) is 0 Å². The molecule has 2 heteroatoms. The molecule has 1 atom stereocenters. The van der Waals surface area contributed by atoms with Crippen molar-refractivity contribution in [1.29, 1.82) is 0 Å².